The quantitative estimate of drug-likeness (QED) is 0.846. The molecule has 19 heavy (non-hydrogen) atoms. The second-order valence-corrected chi connectivity index (χ2v) is 5.05. The summed E-state index contributed by atoms with van der Waals surface area (Å²) >= 11 is 0. The maximum Gasteiger partial charge on any atom is 0.237 e. The van der Waals surface area contributed by atoms with Gasteiger partial charge < -0.3 is 16.0 Å². The number of amides is 1. The summed E-state index contributed by atoms with van der Waals surface area (Å²) in [7, 11) is 0. The molecular formula is C14H20N4O. The van der Waals surface area contributed by atoms with Crippen LogP contribution in [0.1, 0.15) is 26.1 Å². The molecule has 0 aliphatic rings. The number of nitrogens with two attached hydrogens (primary N) is 2. The number of hydrogen-bond acceptors (Lipinski definition) is 3. The van der Waals surface area contributed by atoms with E-state index in [2.05, 4.69) is 16.5 Å². The van der Waals surface area contributed by atoms with Crippen LogP contribution in [0.2, 0.25) is 0 Å². The molecule has 0 saturated heterocycles. The predicted octanol–water partition coefficient (Wildman–Crippen LogP) is 1.19. The minimum absolute atomic E-state index is 0.477. The Hall–Kier alpha value is -1.88. The van der Waals surface area contributed by atoms with Crippen molar-refractivity contribution >= 4 is 16.9 Å². The van der Waals surface area contributed by atoms with Gasteiger partial charge in [-0.2, -0.15) is 0 Å². The first-order chi connectivity index (χ1) is 8.95. The highest BCUT2D eigenvalue weighted by Gasteiger charge is 2.25. The topological polar surface area (TPSA) is 86.9 Å². The maximum atomic E-state index is 11.3. The zero-order chi connectivity index (χ0) is 14.0. The van der Waals surface area contributed by atoms with Crippen molar-refractivity contribution in [3.63, 3.8) is 0 Å². The molecule has 1 heterocycles. The monoisotopic (exact) mass is 260 g/mol. The summed E-state index contributed by atoms with van der Waals surface area (Å²) in [6.45, 7) is 4.37. The van der Waals surface area contributed by atoms with Gasteiger partial charge in [-0.05, 0) is 25.5 Å². The van der Waals surface area contributed by atoms with E-state index in [0.717, 1.165) is 23.3 Å². The first-order valence-corrected chi connectivity index (χ1v) is 6.48. The molecular weight excluding hydrogens is 240 g/mol. The number of para-hydroxylation sites is 2. The Balaban J connectivity index is 2.32. The van der Waals surface area contributed by atoms with E-state index >= 15 is 0 Å². The van der Waals surface area contributed by atoms with E-state index in [0.29, 0.717) is 13.0 Å². The lowest BCUT2D eigenvalue weighted by atomic mass is 9.98. The molecule has 0 spiro atoms. The van der Waals surface area contributed by atoms with E-state index in [4.69, 9.17) is 11.5 Å². The largest absolute Gasteiger partial charge is 0.368 e. The number of nitrogens with zero attached hydrogens (tertiary/aromatic N) is 2. The van der Waals surface area contributed by atoms with Gasteiger partial charge in [0.2, 0.25) is 5.91 Å². The molecule has 0 saturated carbocycles. The number of rotatable bonds is 5. The molecule has 1 atom stereocenters. The van der Waals surface area contributed by atoms with Crippen LogP contribution in [0.25, 0.3) is 11.0 Å². The van der Waals surface area contributed by atoms with Crippen molar-refractivity contribution in [3.8, 4) is 0 Å². The van der Waals surface area contributed by atoms with Gasteiger partial charge in [-0.25, -0.2) is 4.98 Å². The average molecular weight is 260 g/mol. The van der Waals surface area contributed by atoms with Crippen molar-refractivity contribution in [3.05, 3.63) is 30.1 Å². The Morgan fingerprint density at radius 1 is 1.42 bits per heavy atom. The van der Waals surface area contributed by atoms with Crippen molar-refractivity contribution in [2.75, 3.05) is 0 Å². The number of carbonyl (C=O) groups excluding carboxylic acids is 1. The summed E-state index contributed by atoms with van der Waals surface area (Å²) in [4.78, 5) is 15.9. The van der Waals surface area contributed by atoms with Gasteiger partial charge in [0.1, 0.15) is 5.82 Å². The maximum absolute atomic E-state index is 11.3. The van der Waals surface area contributed by atoms with Gasteiger partial charge in [0.15, 0.2) is 0 Å². The van der Waals surface area contributed by atoms with Crippen LogP contribution in [0.15, 0.2) is 24.3 Å². The number of aryl methyl sites for hydroxylation is 2. The zero-order valence-corrected chi connectivity index (χ0v) is 11.4. The zero-order valence-electron chi connectivity index (χ0n) is 11.4. The Bertz CT molecular complexity index is 601. The van der Waals surface area contributed by atoms with Crippen molar-refractivity contribution in [2.45, 2.75) is 38.8 Å². The summed E-state index contributed by atoms with van der Waals surface area (Å²) in [6, 6.07) is 7.96. The van der Waals surface area contributed by atoms with Crippen LogP contribution >= 0.6 is 0 Å². The Morgan fingerprint density at radius 2 is 2.11 bits per heavy atom. The number of benzene rings is 1. The summed E-state index contributed by atoms with van der Waals surface area (Å²) in [5.74, 6) is 0.524. The molecule has 102 valence electrons. The Morgan fingerprint density at radius 3 is 2.74 bits per heavy atom. The minimum Gasteiger partial charge on any atom is -0.368 e. The molecule has 5 nitrogen and oxygen atoms in total. The van der Waals surface area contributed by atoms with Crippen LogP contribution < -0.4 is 11.5 Å². The van der Waals surface area contributed by atoms with Gasteiger partial charge in [-0.15, -0.1) is 0 Å². The van der Waals surface area contributed by atoms with Crippen molar-refractivity contribution < 1.29 is 4.79 Å². The van der Waals surface area contributed by atoms with Gasteiger partial charge >= 0.3 is 0 Å². The fraction of sp³-hybridized carbons (Fsp3) is 0.429. The number of primary amides is 1. The van der Waals surface area contributed by atoms with Crippen LogP contribution in [-0.2, 0) is 17.8 Å². The number of carbonyl (C=O) groups is 1. The number of aromatic nitrogens is 2. The molecule has 1 aromatic heterocycles. The second kappa shape index (κ2) is 5.01. The second-order valence-electron chi connectivity index (χ2n) is 5.05. The Kier molecular flexibility index (Phi) is 3.57. The lowest BCUT2D eigenvalue weighted by Gasteiger charge is -2.21. The lowest BCUT2D eigenvalue weighted by molar-refractivity contribution is -0.122. The molecule has 2 rings (SSSR count). The molecule has 0 aliphatic carbocycles. The van der Waals surface area contributed by atoms with Crippen LogP contribution in [0.5, 0.6) is 0 Å². The molecule has 2 aromatic rings. The van der Waals surface area contributed by atoms with Gasteiger partial charge in [0.25, 0.3) is 0 Å². The van der Waals surface area contributed by atoms with Gasteiger partial charge in [0.05, 0.1) is 16.6 Å². The summed E-state index contributed by atoms with van der Waals surface area (Å²) in [5.41, 5.74) is 12.3. The predicted molar refractivity (Wildman–Crippen MR) is 75.5 cm³/mol. The van der Waals surface area contributed by atoms with E-state index in [1.165, 1.54) is 0 Å². The highest BCUT2D eigenvalue weighted by molar-refractivity contribution is 5.83. The average Bonchev–Trinajstić information content (AvgIpc) is 2.74. The Labute approximate surface area is 112 Å². The minimum atomic E-state index is -0.990. The molecule has 1 unspecified atom stereocenters. The highest BCUT2D eigenvalue weighted by atomic mass is 16.1. The van der Waals surface area contributed by atoms with E-state index in [9.17, 15) is 4.79 Å². The van der Waals surface area contributed by atoms with E-state index < -0.39 is 11.4 Å². The van der Waals surface area contributed by atoms with Gasteiger partial charge in [0, 0.05) is 13.0 Å². The van der Waals surface area contributed by atoms with E-state index in [1.54, 1.807) is 6.92 Å². The third-order valence-corrected chi connectivity index (χ3v) is 3.47. The number of fused-ring (bicyclic) bond motifs is 1. The first kappa shape index (κ1) is 13.5. The lowest BCUT2D eigenvalue weighted by Crippen LogP contribution is -2.49. The summed E-state index contributed by atoms with van der Waals surface area (Å²) in [5, 5.41) is 0. The van der Waals surface area contributed by atoms with Crippen molar-refractivity contribution in [1.82, 2.24) is 9.55 Å². The SMILES string of the molecule is CCc1nc2ccccc2n1CCC(C)(N)C(N)=O. The van der Waals surface area contributed by atoms with Crippen molar-refractivity contribution in [1.29, 1.82) is 0 Å². The number of hydrogen-bond donors (Lipinski definition) is 2. The fourth-order valence-corrected chi connectivity index (χ4v) is 2.11. The first-order valence-electron chi connectivity index (χ1n) is 6.48. The van der Waals surface area contributed by atoms with Crippen molar-refractivity contribution in [2.24, 2.45) is 11.5 Å². The molecule has 0 bridgehead atoms. The fourth-order valence-electron chi connectivity index (χ4n) is 2.11. The molecule has 5 heteroatoms. The molecule has 0 fully saturated rings. The highest BCUT2D eigenvalue weighted by Crippen LogP contribution is 2.18. The molecule has 4 N–H and O–H groups in total. The van der Waals surface area contributed by atoms with Gasteiger partial charge in [-0.3, -0.25) is 4.79 Å². The summed E-state index contributed by atoms with van der Waals surface area (Å²) in [6.07, 6.45) is 1.34. The third-order valence-electron chi connectivity index (χ3n) is 3.47. The van der Waals surface area contributed by atoms with Crippen LogP contribution in [0, 0.1) is 0 Å². The molecule has 1 amide bonds. The van der Waals surface area contributed by atoms with Crippen LogP contribution in [0.4, 0.5) is 0 Å². The van der Waals surface area contributed by atoms with E-state index in [-0.39, 0.29) is 0 Å². The molecule has 0 radical (unpaired) electrons. The molecule has 0 aliphatic heterocycles. The smallest absolute Gasteiger partial charge is 0.237 e. The third kappa shape index (κ3) is 2.61. The standard InChI is InChI=1S/C14H20N4O/c1-3-12-17-10-6-4-5-7-11(10)18(12)9-8-14(2,16)13(15)19/h4-7H,3,8-9,16H2,1-2H3,(H2,15,19). The van der Waals surface area contributed by atoms with E-state index in [1.807, 2.05) is 24.3 Å². The normalized spacial score (nSPS) is 14.5. The molecule has 1 aromatic carbocycles. The summed E-state index contributed by atoms with van der Waals surface area (Å²) < 4.78 is 2.11. The number of imidazole rings is 1. The van der Waals surface area contributed by atoms with Gasteiger partial charge in [-0.1, -0.05) is 19.1 Å². The van der Waals surface area contributed by atoms with Crippen LogP contribution in [0.3, 0.4) is 0 Å². The van der Waals surface area contributed by atoms with Crippen LogP contribution in [-0.4, -0.2) is 21.0 Å².